The van der Waals surface area contributed by atoms with Crippen molar-refractivity contribution in [1.29, 1.82) is 0 Å². The summed E-state index contributed by atoms with van der Waals surface area (Å²) in [5.41, 5.74) is 5.57. The van der Waals surface area contributed by atoms with E-state index in [1.54, 1.807) is 25.1 Å². The minimum atomic E-state index is -3.83. The number of rotatable bonds is 8. The summed E-state index contributed by atoms with van der Waals surface area (Å²) in [5, 5.41) is 1.61. The average molecular weight is 399 g/mol. The predicted molar refractivity (Wildman–Crippen MR) is 113 cm³/mol. The summed E-state index contributed by atoms with van der Waals surface area (Å²) < 4.78 is 35.4. The lowest BCUT2D eigenvalue weighted by atomic mass is 10.1. The first-order valence-corrected chi connectivity index (χ1v) is 10.8. The second-order valence-corrected chi connectivity index (χ2v) is 8.72. The third-order valence-electron chi connectivity index (χ3n) is 4.69. The number of sulfonamides is 1. The van der Waals surface area contributed by atoms with Crippen LogP contribution >= 0.6 is 0 Å². The van der Waals surface area contributed by atoms with Gasteiger partial charge in [-0.05, 0) is 56.0 Å². The van der Waals surface area contributed by atoms with Crippen LogP contribution in [0.2, 0.25) is 0 Å². The van der Waals surface area contributed by atoms with Crippen LogP contribution in [0.5, 0.6) is 5.75 Å². The molecule has 3 aromatic rings. The molecule has 0 saturated heterocycles. The summed E-state index contributed by atoms with van der Waals surface area (Å²) >= 11 is 0. The maximum absolute atomic E-state index is 13.3. The van der Waals surface area contributed by atoms with Crippen LogP contribution in [0.25, 0.3) is 10.8 Å². The zero-order valence-electron chi connectivity index (χ0n) is 16.2. The molecule has 0 aliphatic heterocycles. The average Bonchev–Trinajstić information content (AvgIpc) is 2.67. The lowest BCUT2D eigenvalue weighted by molar-refractivity contribution is 0.0659. The molecule has 3 rings (SSSR count). The molecule has 5 nitrogen and oxygen atoms in total. The zero-order chi connectivity index (χ0) is 20.2. The maximum Gasteiger partial charge on any atom is 0.244 e. The van der Waals surface area contributed by atoms with Crippen LogP contribution in [0.3, 0.4) is 0 Å². The minimum absolute atomic E-state index is 0.240. The Morgan fingerprint density at radius 3 is 2.29 bits per heavy atom. The van der Waals surface area contributed by atoms with Crippen molar-refractivity contribution in [3.8, 4) is 5.75 Å². The minimum Gasteiger partial charge on any atom is -0.472 e. The van der Waals surface area contributed by atoms with Crippen molar-refractivity contribution in [3.05, 3.63) is 72.3 Å². The molecule has 0 bridgehead atoms. The monoisotopic (exact) mass is 398 g/mol. The summed E-state index contributed by atoms with van der Waals surface area (Å²) in [6.45, 7) is 4.16. The number of hydrogen-bond donors (Lipinski definition) is 2. The SMILES string of the molecule is Cc1ccc(S(=O)(=O)N[C@](C)(CCCN)Oc2ccccc2)c2ccccc12. The van der Waals surface area contributed by atoms with Crippen molar-refractivity contribution in [1.82, 2.24) is 4.72 Å². The first-order valence-electron chi connectivity index (χ1n) is 9.31. The molecule has 0 spiro atoms. The number of nitrogens with two attached hydrogens (primary N) is 1. The zero-order valence-corrected chi connectivity index (χ0v) is 17.0. The van der Waals surface area contributed by atoms with E-state index in [9.17, 15) is 8.42 Å². The number of benzene rings is 3. The molecule has 0 radical (unpaired) electrons. The number of ether oxygens (including phenoxy) is 1. The van der Waals surface area contributed by atoms with Crippen molar-refractivity contribution in [3.63, 3.8) is 0 Å². The van der Waals surface area contributed by atoms with Gasteiger partial charge in [-0.25, -0.2) is 8.42 Å². The molecule has 3 aromatic carbocycles. The van der Waals surface area contributed by atoms with E-state index in [1.165, 1.54) is 0 Å². The Hall–Kier alpha value is -2.41. The highest BCUT2D eigenvalue weighted by atomic mass is 32.2. The molecule has 6 heteroatoms. The lowest BCUT2D eigenvalue weighted by Crippen LogP contribution is -2.50. The van der Waals surface area contributed by atoms with Crippen LogP contribution in [0.15, 0.2) is 71.6 Å². The van der Waals surface area contributed by atoms with Gasteiger partial charge < -0.3 is 10.5 Å². The van der Waals surface area contributed by atoms with Gasteiger partial charge in [-0.3, -0.25) is 0 Å². The summed E-state index contributed by atoms with van der Waals surface area (Å²) in [6.07, 6.45) is 1.07. The van der Waals surface area contributed by atoms with Crippen LogP contribution in [-0.2, 0) is 10.0 Å². The molecule has 0 aliphatic rings. The topological polar surface area (TPSA) is 81.4 Å². The fourth-order valence-electron chi connectivity index (χ4n) is 3.31. The Balaban J connectivity index is 1.99. The fourth-order valence-corrected chi connectivity index (χ4v) is 4.84. The second kappa shape index (κ2) is 8.31. The molecule has 1 atom stereocenters. The molecule has 3 N–H and O–H groups in total. The van der Waals surface area contributed by atoms with Crippen LogP contribution < -0.4 is 15.2 Å². The molecule has 0 heterocycles. The van der Waals surface area contributed by atoms with Gasteiger partial charge in [0.1, 0.15) is 5.75 Å². The summed E-state index contributed by atoms with van der Waals surface area (Å²) in [7, 11) is -3.83. The van der Waals surface area contributed by atoms with E-state index in [0.717, 1.165) is 10.9 Å². The third kappa shape index (κ3) is 4.52. The Labute approximate surface area is 166 Å². The summed E-state index contributed by atoms with van der Waals surface area (Å²) in [4.78, 5) is 0.240. The van der Waals surface area contributed by atoms with E-state index in [0.29, 0.717) is 30.5 Å². The predicted octanol–water partition coefficient (Wildman–Crippen LogP) is 3.96. The fraction of sp³-hybridized carbons (Fsp3) is 0.273. The van der Waals surface area contributed by atoms with Gasteiger partial charge in [0.15, 0.2) is 5.72 Å². The molecular weight excluding hydrogens is 372 g/mol. The Morgan fingerprint density at radius 1 is 0.964 bits per heavy atom. The van der Waals surface area contributed by atoms with E-state index in [1.807, 2.05) is 55.5 Å². The van der Waals surface area contributed by atoms with E-state index in [-0.39, 0.29) is 4.90 Å². The molecule has 0 aliphatic carbocycles. The van der Waals surface area contributed by atoms with Crippen LogP contribution in [0.1, 0.15) is 25.3 Å². The van der Waals surface area contributed by atoms with E-state index < -0.39 is 15.7 Å². The largest absolute Gasteiger partial charge is 0.472 e. The van der Waals surface area contributed by atoms with Crippen molar-refractivity contribution >= 4 is 20.8 Å². The Morgan fingerprint density at radius 2 is 1.61 bits per heavy atom. The van der Waals surface area contributed by atoms with Crippen molar-refractivity contribution in [2.75, 3.05) is 6.54 Å². The Kier molecular flexibility index (Phi) is 6.03. The van der Waals surface area contributed by atoms with Crippen molar-refractivity contribution in [2.45, 2.75) is 37.3 Å². The molecule has 0 unspecified atom stereocenters. The maximum atomic E-state index is 13.3. The van der Waals surface area contributed by atoms with Gasteiger partial charge >= 0.3 is 0 Å². The summed E-state index contributed by atoms with van der Waals surface area (Å²) in [5.74, 6) is 0.596. The van der Waals surface area contributed by atoms with Gasteiger partial charge in [0.05, 0.1) is 4.90 Å². The van der Waals surface area contributed by atoms with E-state index >= 15 is 0 Å². The molecule has 28 heavy (non-hydrogen) atoms. The van der Waals surface area contributed by atoms with Gasteiger partial charge in [-0.2, -0.15) is 4.72 Å². The van der Waals surface area contributed by atoms with Gasteiger partial charge in [0.2, 0.25) is 10.0 Å². The van der Waals surface area contributed by atoms with Gasteiger partial charge in [0.25, 0.3) is 0 Å². The van der Waals surface area contributed by atoms with Crippen LogP contribution in [0, 0.1) is 6.92 Å². The molecule has 0 aromatic heterocycles. The van der Waals surface area contributed by atoms with Gasteiger partial charge in [-0.15, -0.1) is 0 Å². The summed E-state index contributed by atoms with van der Waals surface area (Å²) in [6, 6.07) is 20.2. The normalized spacial score (nSPS) is 14.0. The first-order chi connectivity index (χ1) is 13.3. The number of aryl methyl sites for hydroxylation is 1. The number of para-hydroxylation sites is 1. The molecular formula is C22H26N2O3S. The molecule has 148 valence electrons. The highest BCUT2D eigenvalue weighted by Crippen LogP contribution is 2.28. The van der Waals surface area contributed by atoms with Gasteiger partial charge in [0, 0.05) is 11.8 Å². The van der Waals surface area contributed by atoms with Crippen LogP contribution in [-0.4, -0.2) is 20.7 Å². The number of hydrogen-bond acceptors (Lipinski definition) is 4. The number of nitrogens with one attached hydrogen (secondary N) is 1. The molecule has 0 fully saturated rings. The smallest absolute Gasteiger partial charge is 0.244 e. The standard InChI is InChI=1S/C22H26N2O3S/c1-17-13-14-21(20-12-7-6-11-19(17)20)28(25,26)24-22(2,15-8-16-23)27-18-9-4-3-5-10-18/h3-7,9-14,24H,8,15-16,23H2,1-2H3/t22-/m0/s1. The van der Waals surface area contributed by atoms with Crippen LogP contribution in [0.4, 0.5) is 0 Å². The van der Waals surface area contributed by atoms with Gasteiger partial charge in [-0.1, -0.05) is 48.5 Å². The van der Waals surface area contributed by atoms with Crippen molar-refractivity contribution < 1.29 is 13.2 Å². The lowest BCUT2D eigenvalue weighted by Gasteiger charge is -2.31. The number of fused-ring (bicyclic) bond motifs is 1. The Bertz CT molecular complexity index is 1050. The molecule has 0 saturated carbocycles. The first kappa shape index (κ1) is 20.3. The van der Waals surface area contributed by atoms with Crippen molar-refractivity contribution in [2.24, 2.45) is 5.73 Å². The van der Waals surface area contributed by atoms with E-state index in [2.05, 4.69) is 4.72 Å². The highest BCUT2D eigenvalue weighted by Gasteiger charge is 2.33. The second-order valence-electron chi connectivity index (χ2n) is 7.07. The highest BCUT2D eigenvalue weighted by molar-refractivity contribution is 7.89. The van der Waals surface area contributed by atoms with E-state index in [4.69, 9.17) is 10.5 Å². The third-order valence-corrected chi connectivity index (χ3v) is 6.32. The quantitative estimate of drug-likeness (QED) is 0.563. The molecule has 0 amide bonds.